The lowest BCUT2D eigenvalue weighted by Gasteiger charge is -2.31. The van der Waals surface area contributed by atoms with Crippen molar-refractivity contribution in [1.29, 1.82) is 0 Å². The van der Waals surface area contributed by atoms with Crippen LogP contribution in [0, 0.1) is 0 Å². The number of hydrogen-bond acceptors (Lipinski definition) is 7. The van der Waals surface area contributed by atoms with Crippen molar-refractivity contribution < 1.29 is 41.0 Å². The van der Waals surface area contributed by atoms with E-state index in [-0.39, 0.29) is 10.8 Å². The number of ether oxygens (including phenoxy) is 1. The number of nitrogens with zero attached hydrogens (tertiary/aromatic N) is 2. The number of sulfonamides is 1. The van der Waals surface area contributed by atoms with Crippen molar-refractivity contribution in [2.45, 2.75) is 37.8 Å². The Morgan fingerprint density at radius 3 is 2.20 bits per heavy atom. The average molecular weight is 589 g/mol. The smallest absolute Gasteiger partial charge is 0.490 e. The minimum atomic E-state index is -5.08. The summed E-state index contributed by atoms with van der Waals surface area (Å²) in [6.07, 6.45) is -3.16. The molecule has 2 aromatic rings. The second-order valence-electron chi connectivity index (χ2n) is 8.79. The summed E-state index contributed by atoms with van der Waals surface area (Å²) in [5.74, 6) is -2.27. The van der Waals surface area contributed by atoms with Crippen LogP contribution < -0.4 is 19.7 Å². The van der Waals surface area contributed by atoms with Crippen LogP contribution in [0.25, 0.3) is 0 Å². The molecule has 1 aliphatic rings. The van der Waals surface area contributed by atoms with Gasteiger partial charge in [-0.05, 0) is 55.8 Å². The van der Waals surface area contributed by atoms with E-state index in [0.29, 0.717) is 30.1 Å². The summed E-state index contributed by atoms with van der Waals surface area (Å²) in [4.78, 5) is 26.1. The molecule has 3 rings (SSSR count). The van der Waals surface area contributed by atoms with Gasteiger partial charge >= 0.3 is 12.1 Å². The summed E-state index contributed by atoms with van der Waals surface area (Å²) in [5, 5.41) is 10.4. The van der Waals surface area contributed by atoms with Crippen molar-refractivity contribution in [1.82, 2.24) is 10.2 Å². The molecule has 1 heterocycles. The van der Waals surface area contributed by atoms with E-state index in [1.54, 1.807) is 29.2 Å². The molecule has 0 atom stereocenters. The first-order chi connectivity index (χ1) is 18.8. The van der Waals surface area contributed by atoms with Gasteiger partial charge < -0.3 is 25.0 Å². The zero-order chi connectivity index (χ0) is 29.9. The van der Waals surface area contributed by atoms with Crippen LogP contribution >= 0.6 is 0 Å². The maximum absolute atomic E-state index is 13.2. The van der Waals surface area contributed by atoms with Crippen LogP contribution in [-0.4, -0.2) is 82.9 Å². The summed E-state index contributed by atoms with van der Waals surface area (Å²) >= 11 is 0. The normalized spacial score (nSPS) is 13.6. The van der Waals surface area contributed by atoms with E-state index in [4.69, 9.17) is 14.6 Å². The number of carbonyl (C=O) groups is 2. The van der Waals surface area contributed by atoms with E-state index in [1.807, 2.05) is 13.0 Å². The summed E-state index contributed by atoms with van der Waals surface area (Å²) in [5.41, 5.74) is 1.64. The van der Waals surface area contributed by atoms with Gasteiger partial charge in [0.15, 0.2) is 0 Å². The van der Waals surface area contributed by atoms with E-state index in [2.05, 4.69) is 21.9 Å². The Balaban J connectivity index is 0.000000708. The maximum atomic E-state index is 13.2. The fourth-order valence-corrected chi connectivity index (χ4v) is 4.89. The van der Waals surface area contributed by atoms with Crippen LogP contribution in [0.4, 0.5) is 24.5 Å². The van der Waals surface area contributed by atoms with E-state index >= 15 is 0 Å². The standard InChI is InChI=1S/C24H34N4O4S.C2HF3O2/c1-4-6-15-27(5-2)24(29)19-7-12-23(28-16-13-25-14-17-28)22(18-19)26-33(30,31)21-10-8-20(32-3)9-11-21;3-2(4,5)1(6)7/h7-12,18,25-26H,4-6,13-17H2,1-3H3;(H,6,7). The maximum Gasteiger partial charge on any atom is 0.490 e. The number of benzene rings is 2. The second-order valence-corrected chi connectivity index (χ2v) is 10.5. The van der Waals surface area contributed by atoms with Crippen molar-refractivity contribution in [3.63, 3.8) is 0 Å². The van der Waals surface area contributed by atoms with E-state index in [1.165, 1.54) is 19.2 Å². The van der Waals surface area contributed by atoms with Crippen LogP contribution in [0.2, 0.25) is 0 Å². The Hall–Kier alpha value is -3.52. The molecule has 222 valence electrons. The zero-order valence-corrected chi connectivity index (χ0v) is 23.4. The number of anilines is 2. The van der Waals surface area contributed by atoms with Gasteiger partial charge in [0.1, 0.15) is 5.75 Å². The lowest BCUT2D eigenvalue weighted by atomic mass is 10.1. The predicted octanol–water partition coefficient (Wildman–Crippen LogP) is 3.80. The van der Waals surface area contributed by atoms with Gasteiger partial charge in [-0.1, -0.05) is 13.3 Å². The Bertz CT molecular complexity index is 1230. The second kappa shape index (κ2) is 14.7. The number of carboxylic acids is 1. The highest BCUT2D eigenvalue weighted by Gasteiger charge is 2.38. The van der Waals surface area contributed by atoms with Gasteiger partial charge in [0.05, 0.1) is 23.4 Å². The topological polar surface area (TPSA) is 128 Å². The Labute approximate surface area is 232 Å². The Kier molecular flexibility index (Phi) is 12.1. The van der Waals surface area contributed by atoms with E-state index in [9.17, 15) is 26.4 Å². The summed E-state index contributed by atoms with van der Waals surface area (Å²) in [7, 11) is -2.32. The van der Waals surface area contributed by atoms with Gasteiger partial charge in [-0.25, -0.2) is 13.2 Å². The molecule has 3 N–H and O–H groups in total. The lowest BCUT2D eigenvalue weighted by molar-refractivity contribution is -0.192. The highest BCUT2D eigenvalue weighted by Crippen LogP contribution is 2.31. The molecular weight excluding hydrogens is 553 g/mol. The largest absolute Gasteiger partial charge is 0.497 e. The van der Waals surface area contributed by atoms with Gasteiger partial charge in [-0.15, -0.1) is 0 Å². The molecule has 1 saturated heterocycles. The molecule has 10 nitrogen and oxygen atoms in total. The van der Waals surface area contributed by atoms with E-state index in [0.717, 1.165) is 44.7 Å². The van der Waals surface area contributed by atoms with Crippen LogP contribution in [0.1, 0.15) is 37.0 Å². The first-order valence-corrected chi connectivity index (χ1v) is 14.2. The summed E-state index contributed by atoms with van der Waals surface area (Å²) in [6, 6.07) is 11.5. The molecule has 0 saturated carbocycles. The minimum absolute atomic E-state index is 0.0947. The minimum Gasteiger partial charge on any atom is -0.497 e. The Morgan fingerprint density at radius 1 is 1.10 bits per heavy atom. The number of halogens is 3. The van der Waals surface area contributed by atoms with Gasteiger partial charge in [-0.2, -0.15) is 13.2 Å². The molecular formula is C26H35F3N4O6S. The molecule has 0 aromatic heterocycles. The fourth-order valence-electron chi connectivity index (χ4n) is 3.83. The lowest BCUT2D eigenvalue weighted by Crippen LogP contribution is -2.43. The molecule has 0 spiro atoms. The monoisotopic (exact) mass is 588 g/mol. The van der Waals surface area contributed by atoms with Crippen molar-refractivity contribution in [2.75, 3.05) is 56.0 Å². The molecule has 2 aromatic carbocycles. The van der Waals surface area contributed by atoms with Gasteiger partial charge in [0, 0.05) is 44.8 Å². The number of aliphatic carboxylic acids is 1. The molecule has 14 heteroatoms. The third kappa shape index (κ3) is 9.30. The molecule has 1 amide bonds. The number of alkyl halides is 3. The molecule has 1 fully saturated rings. The van der Waals surface area contributed by atoms with Crippen LogP contribution in [-0.2, 0) is 14.8 Å². The van der Waals surface area contributed by atoms with E-state index < -0.39 is 22.2 Å². The first-order valence-electron chi connectivity index (χ1n) is 12.7. The van der Waals surface area contributed by atoms with Crippen LogP contribution in [0.3, 0.4) is 0 Å². The average Bonchev–Trinajstić information content (AvgIpc) is 2.93. The molecule has 0 bridgehead atoms. The number of carbonyl (C=O) groups excluding carboxylic acids is 1. The number of rotatable bonds is 10. The summed E-state index contributed by atoms with van der Waals surface area (Å²) in [6.45, 7) is 8.45. The van der Waals surface area contributed by atoms with Crippen LogP contribution in [0.5, 0.6) is 5.75 Å². The van der Waals surface area contributed by atoms with Crippen molar-refractivity contribution in [3.05, 3.63) is 48.0 Å². The quantitative estimate of drug-likeness (QED) is 0.383. The number of nitrogens with one attached hydrogen (secondary N) is 2. The molecule has 1 aliphatic heterocycles. The van der Waals surface area contributed by atoms with Gasteiger partial charge in [0.25, 0.3) is 15.9 Å². The number of carboxylic acid groups (broad SMARTS) is 1. The highest BCUT2D eigenvalue weighted by atomic mass is 32.2. The Morgan fingerprint density at radius 2 is 1.70 bits per heavy atom. The number of piperazine rings is 1. The zero-order valence-electron chi connectivity index (χ0n) is 22.6. The third-order valence-corrected chi connectivity index (χ3v) is 7.39. The van der Waals surface area contributed by atoms with Crippen LogP contribution in [0.15, 0.2) is 47.4 Å². The fraction of sp³-hybridized carbons (Fsp3) is 0.462. The first kappa shape index (κ1) is 32.7. The van der Waals surface area contributed by atoms with Gasteiger partial charge in [0.2, 0.25) is 0 Å². The molecule has 40 heavy (non-hydrogen) atoms. The highest BCUT2D eigenvalue weighted by molar-refractivity contribution is 7.92. The number of methoxy groups -OCH3 is 1. The van der Waals surface area contributed by atoms with Crippen molar-refractivity contribution in [2.24, 2.45) is 0 Å². The summed E-state index contributed by atoms with van der Waals surface area (Å²) < 4.78 is 65.9. The van der Waals surface area contributed by atoms with Gasteiger partial charge in [-0.3, -0.25) is 9.52 Å². The molecule has 0 radical (unpaired) electrons. The molecule has 0 unspecified atom stereocenters. The molecule has 0 aliphatic carbocycles. The SMILES string of the molecule is CCCCN(CC)C(=O)c1ccc(N2CCNCC2)c(NS(=O)(=O)c2ccc(OC)cc2)c1.O=C(O)C(F)(F)F. The third-order valence-electron chi connectivity index (χ3n) is 6.01. The number of amides is 1. The van der Waals surface area contributed by atoms with Crippen molar-refractivity contribution in [3.8, 4) is 5.75 Å². The van der Waals surface area contributed by atoms with Crippen molar-refractivity contribution >= 4 is 33.3 Å². The predicted molar refractivity (Wildman–Crippen MR) is 146 cm³/mol. The number of hydrogen-bond donors (Lipinski definition) is 3. The number of unbranched alkanes of at least 4 members (excludes halogenated alkanes) is 1.